The number of hydrogen-bond donors (Lipinski definition) is 3. The highest BCUT2D eigenvalue weighted by Crippen LogP contribution is 2.47. The van der Waals surface area contributed by atoms with Crippen LogP contribution in [0.1, 0.15) is 44.2 Å². The molecule has 0 heterocycles. The second kappa shape index (κ2) is 8.85. The van der Waals surface area contributed by atoms with E-state index >= 15 is 0 Å². The number of nitrogens with one attached hydrogen (secondary N) is 2. The molecule has 138 valence electrons. The maximum Gasteiger partial charge on any atom is 0.315 e. The van der Waals surface area contributed by atoms with Crippen LogP contribution in [0.5, 0.6) is 0 Å². The summed E-state index contributed by atoms with van der Waals surface area (Å²) >= 11 is 0. The molecule has 25 heavy (non-hydrogen) atoms. The molecule has 6 nitrogen and oxygen atoms in total. The van der Waals surface area contributed by atoms with Crippen LogP contribution in [0.25, 0.3) is 0 Å². The molecule has 1 aromatic carbocycles. The van der Waals surface area contributed by atoms with E-state index in [0.29, 0.717) is 6.54 Å². The lowest BCUT2D eigenvalue weighted by molar-refractivity contribution is -0.128. The summed E-state index contributed by atoms with van der Waals surface area (Å²) in [6, 6.07) is 9.07. The molecule has 1 aromatic rings. The van der Waals surface area contributed by atoms with E-state index in [2.05, 4.69) is 10.6 Å². The molecule has 1 unspecified atom stereocenters. The first-order valence-corrected chi connectivity index (χ1v) is 8.96. The summed E-state index contributed by atoms with van der Waals surface area (Å²) < 4.78 is 0. The summed E-state index contributed by atoms with van der Waals surface area (Å²) in [6.45, 7) is 2.48. The normalized spacial score (nSPS) is 16.9. The fraction of sp³-hybridized carbons (Fsp3) is 0.579. The van der Waals surface area contributed by atoms with Crippen LogP contribution in [0.15, 0.2) is 30.3 Å². The van der Waals surface area contributed by atoms with Gasteiger partial charge in [0, 0.05) is 19.0 Å². The predicted molar refractivity (Wildman–Crippen MR) is 97.0 cm³/mol. The standard InChI is InChI=1S/C19H29N3O3/c1-3-22(2)16(24)13-20-18(25)21-17(15-9-5-4-6-10-15)19(14-23)11-7-8-12-19/h4-6,9-10,17,23H,3,7-8,11-14H2,1-2H3,(H2,20,21,25). The smallest absolute Gasteiger partial charge is 0.315 e. The molecule has 1 fully saturated rings. The van der Waals surface area contributed by atoms with Crippen molar-refractivity contribution in [1.82, 2.24) is 15.5 Å². The van der Waals surface area contributed by atoms with E-state index < -0.39 is 0 Å². The van der Waals surface area contributed by atoms with Gasteiger partial charge in [-0.15, -0.1) is 0 Å². The van der Waals surface area contributed by atoms with E-state index in [-0.39, 0.29) is 36.5 Å². The zero-order chi connectivity index (χ0) is 18.3. The van der Waals surface area contributed by atoms with Gasteiger partial charge in [-0.05, 0) is 25.3 Å². The summed E-state index contributed by atoms with van der Waals surface area (Å²) in [7, 11) is 1.70. The molecule has 1 saturated carbocycles. The molecule has 1 atom stereocenters. The van der Waals surface area contributed by atoms with Crippen LogP contribution >= 0.6 is 0 Å². The molecule has 0 bridgehead atoms. The fourth-order valence-corrected chi connectivity index (χ4v) is 3.50. The Morgan fingerprint density at radius 1 is 1.24 bits per heavy atom. The molecule has 0 saturated heterocycles. The molecule has 1 aliphatic carbocycles. The van der Waals surface area contributed by atoms with Crippen LogP contribution in [-0.2, 0) is 4.79 Å². The monoisotopic (exact) mass is 347 g/mol. The van der Waals surface area contributed by atoms with E-state index in [1.54, 1.807) is 11.9 Å². The number of nitrogens with zero attached hydrogens (tertiary/aromatic N) is 1. The fourth-order valence-electron chi connectivity index (χ4n) is 3.50. The molecular formula is C19H29N3O3. The topological polar surface area (TPSA) is 81.7 Å². The molecular weight excluding hydrogens is 318 g/mol. The molecule has 0 aromatic heterocycles. The number of urea groups is 1. The molecule has 1 aliphatic rings. The Morgan fingerprint density at radius 2 is 1.88 bits per heavy atom. The second-order valence-corrected chi connectivity index (χ2v) is 6.81. The largest absolute Gasteiger partial charge is 0.396 e. The van der Waals surface area contributed by atoms with E-state index in [1.807, 2.05) is 37.3 Å². The van der Waals surface area contributed by atoms with Gasteiger partial charge in [0.25, 0.3) is 0 Å². The Balaban J connectivity index is 2.09. The van der Waals surface area contributed by atoms with Gasteiger partial charge in [-0.3, -0.25) is 4.79 Å². The van der Waals surface area contributed by atoms with Crippen LogP contribution in [0.2, 0.25) is 0 Å². The molecule has 0 spiro atoms. The third-order valence-corrected chi connectivity index (χ3v) is 5.24. The summed E-state index contributed by atoms with van der Waals surface area (Å²) in [5.74, 6) is -0.133. The summed E-state index contributed by atoms with van der Waals surface area (Å²) in [4.78, 5) is 25.8. The number of rotatable bonds is 7. The number of aliphatic hydroxyl groups excluding tert-OH is 1. The van der Waals surface area contributed by atoms with Crippen LogP contribution in [-0.4, -0.2) is 48.7 Å². The molecule has 3 amide bonds. The van der Waals surface area contributed by atoms with Gasteiger partial charge in [0.05, 0.1) is 19.2 Å². The zero-order valence-electron chi connectivity index (χ0n) is 15.1. The van der Waals surface area contributed by atoms with Gasteiger partial charge in [-0.25, -0.2) is 4.79 Å². The van der Waals surface area contributed by atoms with Crippen molar-refractivity contribution in [3.05, 3.63) is 35.9 Å². The predicted octanol–water partition coefficient (Wildman–Crippen LogP) is 2.06. The lowest BCUT2D eigenvalue weighted by Gasteiger charge is -2.37. The van der Waals surface area contributed by atoms with E-state index in [1.165, 1.54) is 0 Å². The van der Waals surface area contributed by atoms with Crippen LogP contribution in [0.4, 0.5) is 4.79 Å². The second-order valence-electron chi connectivity index (χ2n) is 6.81. The first-order valence-electron chi connectivity index (χ1n) is 8.96. The minimum Gasteiger partial charge on any atom is -0.396 e. The molecule has 3 N–H and O–H groups in total. The van der Waals surface area contributed by atoms with Gasteiger partial charge in [-0.2, -0.15) is 0 Å². The number of benzene rings is 1. The van der Waals surface area contributed by atoms with Crippen molar-refractivity contribution in [3.63, 3.8) is 0 Å². The first kappa shape index (κ1) is 19.2. The maximum atomic E-state index is 12.4. The summed E-state index contributed by atoms with van der Waals surface area (Å²) in [6.07, 6.45) is 3.85. The van der Waals surface area contributed by atoms with Crippen LogP contribution in [0.3, 0.4) is 0 Å². The minimum absolute atomic E-state index is 0.0321. The Labute approximate surface area is 149 Å². The van der Waals surface area contributed by atoms with Crippen molar-refractivity contribution in [1.29, 1.82) is 0 Å². The van der Waals surface area contributed by atoms with Gasteiger partial charge >= 0.3 is 6.03 Å². The third kappa shape index (κ3) is 4.72. The van der Waals surface area contributed by atoms with Gasteiger partial charge < -0.3 is 20.6 Å². The van der Waals surface area contributed by atoms with E-state index in [0.717, 1.165) is 31.2 Å². The molecule has 0 aliphatic heterocycles. The average Bonchev–Trinajstić information content (AvgIpc) is 3.14. The Kier molecular flexibility index (Phi) is 6.82. The van der Waals surface area contributed by atoms with Crippen molar-refractivity contribution in [3.8, 4) is 0 Å². The van der Waals surface area contributed by atoms with Crippen molar-refractivity contribution in [2.45, 2.75) is 38.6 Å². The molecule has 0 radical (unpaired) electrons. The van der Waals surface area contributed by atoms with Crippen LogP contribution in [0, 0.1) is 5.41 Å². The lowest BCUT2D eigenvalue weighted by Crippen LogP contribution is -2.48. The SMILES string of the molecule is CCN(C)C(=O)CNC(=O)NC(c1ccccc1)C1(CO)CCCC1. The number of amides is 3. The third-order valence-electron chi connectivity index (χ3n) is 5.24. The quantitative estimate of drug-likeness (QED) is 0.706. The molecule has 2 rings (SSSR count). The zero-order valence-corrected chi connectivity index (χ0v) is 15.1. The Hall–Kier alpha value is -2.08. The van der Waals surface area contributed by atoms with Crippen molar-refractivity contribution in [2.24, 2.45) is 5.41 Å². The highest BCUT2D eigenvalue weighted by molar-refractivity contribution is 5.84. The van der Waals surface area contributed by atoms with Crippen molar-refractivity contribution < 1.29 is 14.7 Å². The van der Waals surface area contributed by atoms with Gasteiger partial charge in [0.1, 0.15) is 0 Å². The number of likely N-dealkylation sites (N-methyl/N-ethyl adjacent to an activating group) is 1. The first-order chi connectivity index (χ1) is 12.0. The van der Waals surface area contributed by atoms with Gasteiger partial charge in [-0.1, -0.05) is 43.2 Å². The number of carbonyl (C=O) groups excluding carboxylic acids is 2. The van der Waals surface area contributed by atoms with E-state index in [4.69, 9.17) is 0 Å². The summed E-state index contributed by atoms with van der Waals surface area (Å²) in [5, 5.41) is 15.7. The average molecular weight is 347 g/mol. The van der Waals surface area contributed by atoms with Crippen molar-refractivity contribution >= 4 is 11.9 Å². The number of hydrogen-bond acceptors (Lipinski definition) is 3. The number of aliphatic hydroxyl groups is 1. The van der Waals surface area contributed by atoms with Crippen LogP contribution < -0.4 is 10.6 Å². The Morgan fingerprint density at radius 3 is 2.44 bits per heavy atom. The molecule has 6 heteroatoms. The highest BCUT2D eigenvalue weighted by Gasteiger charge is 2.42. The number of carbonyl (C=O) groups is 2. The summed E-state index contributed by atoms with van der Waals surface area (Å²) in [5.41, 5.74) is 0.633. The van der Waals surface area contributed by atoms with Gasteiger partial charge in [0.2, 0.25) is 5.91 Å². The minimum atomic E-state index is -0.383. The highest BCUT2D eigenvalue weighted by atomic mass is 16.3. The Bertz CT molecular complexity index is 571. The van der Waals surface area contributed by atoms with Crippen molar-refractivity contribution in [2.75, 3.05) is 26.7 Å². The van der Waals surface area contributed by atoms with Gasteiger partial charge in [0.15, 0.2) is 0 Å². The maximum absolute atomic E-state index is 12.4. The lowest BCUT2D eigenvalue weighted by atomic mass is 9.76. The van der Waals surface area contributed by atoms with E-state index in [9.17, 15) is 14.7 Å².